The van der Waals surface area contributed by atoms with Crippen molar-refractivity contribution >= 4 is 44.9 Å². The van der Waals surface area contributed by atoms with Crippen LogP contribution in [0.4, 0.5) is 5.69 Å². The van der Waals surface area contributed by atoms with E-state index in [-0.39, 0.29) is 17.6 Å². The molecular formula is C18H19BrN2O3S. The van der Waals surface area contributed by atoms with E-state index in [2.05, 4.69) is 26.6 Å². The Morgan fingerprint density at radius 1 is 1.16 bits per heavy atom. The number of benzene rings is 2. The molecule has 0 atom stereocenters. The second-order valence-corrected chi connectivity index (χ2v) is 6.67. The number of nitrogens with one attached hydrogen (secondary N) is 2. The van der Waals surface area contributed by atoms with Crippen LogP contribution in [0.2, 0.25) is 0 Å². The number of anilines is 1. The monoisotopic (exact) mass is 422 g/mol. The van der Waals surface area contributed by atoms with Crippen molar-refractivity contribution < 1.29 is 14.3 Å². The van der Waals surface area contributed by atoms with Gasteiger partial charge in [0.05, 0.1) is 11.6 Å². The molecule has 0 heterocycles. The largest absolute Gasteiger partial charge is 0.496 e. The quantitative estimate of drug-likeness (QED) is 0.713. The van der Waals surface area contributed by atoms with Crippen LogP contribution in [0.3, 0.4) is 0 Å². The minimum atomic E-state index is -0.329. The zero-order valence-corrected chi connectivity index (χ0v) is 16.6. The number of hydrogen-bond acceptors (Lipinski definition) is 4. The molecule has 2 N–H and O–H groups in total. The maximum absolute atomic E-state index is 12.0. The molecule has 0 fully saturated rings. The number of carbonyl (C=O) groups is 1. The molecule has 2 aromatic rings. The van der Waals surface area contributed by atoms with Gasteiger partial charge < -0.3 is 14.8 Å². The fraction of sp³-hybridized carbons (Fsp3) is 0.222. The highest BCUT2D eigenvalue weighted by Crippen LogP contribution is 2.27. The number of amides is 1. The molecule has 0 unspecified atom stereocenters. The fourth-order valence-electron chi connectivity index (χ4n) is 2.17. The fourth-order valence-corrected chi connectivity index (χ4v) is 2.95. The van der Waals surface area contributed by atoms with E-state index in [0.29, 0.717) is 11.5 Å². The molecule has 7 heteroatoms. The average molecular weight is 423 g/mol. The first-order chi connectivity index (χ1) is 11.9. The lowest BCUT2D eigenvalue weighted by molar-refractivity contribution is -0.121. The Kier molecular flexibility index (Phi) is 6.78. The van der Waals surface area contributed by atoms with Crippen molar-refractivity contribution in [1.29, 1.82) is 0 Å². The van der Waals surface area contributed by atoms with Crippen molar-refractivity contribution in [3.8, 4) is 11.5 Å². The smallest absolute Gasteiger partial charge is 0.264 e. The molecule has 0 radical (unpaired) electrons. The summed E-state index contributed by atoms with van der Waals surface area (Å²) < 4.78 is 11.5. The Morgan fingerprint density at radius 3 is 2.52 bits per heavy atom. The van der Waals surface area contributed by atoms with Crippen molar-refractivity contribution in [2.75, 3.05) is 19.0 Å². The van der Waals surface area contributed by atoms with Crippen molar-refractivity contribution in [2.24, 2.45) is 0 Å². The van der Waals surface area contributed by atoms with Crippen molar-refractivity contribution in [1.82, 2.24) is 5.32 Å². The molecule has 2 rings (SSSR count). The number of rotatable bonds is 5. The topological polar surface area (TPSA) is 59.6 Å². The van der Waals surface area contributed by atoms with Gasteiger partial charge in [-0.1, -0.05) is 17.7 Å². The third-order valence-corrected chi connectivity index (χ3v) is 4.18. The number of aryl methyl sites for hydroxylation is 2. The molecule has 0 aliphatic rings. The van der Waals surface area contributed by atoms with Crippen molar-refractivity contribution in [2.45, 2.75) is 13.8 Å². The number of hydrogen-bond donors (Lipinski definition) is 2. The molecule has 0 bridgehead atoms. The molecule has 0 aliphatic heterocycles. The molecule has 0 aliphatic carbocycles. The zero-order valence-electron chi connectivity index (χ0n) is 14.2. The van der Waals surface area contributed by atoms with E-state index in [1.54, 1.807) is 19.2 Å². The Hall–Kier alpha value is -2.12. The molecule has 5 nitrogen and oxygen atoms in total. The maximum Gasteiger partial charge on any atom is 0.264 e. The zero-order chi connectivity index (χ0) is 18.4. The molecule has 0 spiro atoms. The number of carbonyl (C=O) groups excluding carboxylic acids is 1. The number of ether oxygens (including phenoxy) is 2. The van der Waals surface area contributed by atoms with Crippen LogP contribution in [-0.2, 0) is 4.79 Å². The highest BCUT2D eigenvalue weighted by molar-refractivity contribution is 9.10. The van der Waals surface area contributed by atoms with E-state index in [0.717, 1.165) is 21.3 Å². The van der Waals surface area contributed by atoms with Crippen LogP contribution >= 0.6 is 28.1 Å². The predicted molar refractivity (Wildman–Crippen MR) is 106 cm³/mol. The Bertz CT molecular complexity index is 796. The normalized spacial score (nSPS) is 10.1. The Morgan fingerprint density at radius 2 is 1.88 bits per heavy atom. The summed E-state index contributed by atoms with van der Waals surface area (Å²) in [7, 11) is 1.59. The Labute approximate surface area is 160 Å². The second kappa shape index (κ2) is 8.82. The first-order valence-corrected chi connectivity index (χ1v) is 8.73. The second-order valence-electron chi connectivity index (χ2n) is 5.41. The summed E-state index contributed by atoms with van der Waals surface area (Å²) in [5.41, 5.74) is 2.86. The van der Waals surface area contributed by atoms with Crippen LogP contribution in [0.25, 0.3) is 0 Å². The third kappa shape index (κ3) is 5.72. The minimum absolute atomic E-state index is 0.113. The third-order valence-electron chi connectivity index (χ3n) is 3.35. The van der Waals surface area contributed by atoms with E-state index in [1.165, 1.54) is 0 Å². The van der Waals surface area contributed by atoms with E-state index in [9.17, 15) is 4.79 Å². The number of methoxy groups -OCH3 is 1. The predicted octanol–water partition coefficient (Wildman–Crippen LogP) is 3.97. The van der Waals surface area contributed by atoms with Crippen LogP contribution in [-0.4, -0.2) is 24.7 Å². The molecule has 25 heavy (non-hydrogen) atoms. The summed E-state index contributed by atoms with van der Waals surface area (Å²) in [6.45, 7) is 3.83. The Balaban J connectivity index is 1.85. The molecule has 0 saturated carbocycles. The molecule has 2 aromatic carbocycles. The van der Waals surface area contributed by atoms with E-state index in [4.69, 9.17) is 21.7 Å². The lowest BCUT2D eigenvalue weighted by atomic mass is 10.1. The lowest BCUT2D eigenvalue weighted by Gasteiger charge is -2.12. The minimum Gasteiger partial charge on any atom is -0.496 e. The van der Waals surface area contributed by atoms with Crippen molar-refractivity contribution in [3.05, 3.63) is 52.0 Å². The number of thiocarbonyl (C=S) groups is 1. The van der Waals surface area contributed by atoms with E-state index >= 15 is 0 Å². The number of halogens is 1. The molecule has 0 aromatic heterocycles. The van der Waals surface area contributed by atoms with Gasteiger partial charge in [0, 0.05) is 5.69 Å². The van der Waals surface area contributed by atoms with Gasteiger partial charge in [0.2, 0.25) is 0 Å². The summed E-state index contributed by atoms with van der Waals surface area (Å²) in [5, 5.41) is 5.73. The first-order valence-electron chi connectivity index (χ1n) is 7.53. The highest BCUT2D eigenvalue weighted by Gasteiger charge is 2.08. The van der Waals surface area contributed by atoms with Crippen molar-refractivity contribution in [3.63, 3.8) is 0 Å². The summed E-state index contributed by atoms with van der Waals surface area (Å²) in [6.07, 6.45) is 0. The molecule has 1 amide bonds. The van der Waals surface area contributed by atoms with Gasteiger partial charge in [0.1, 0.15) is 11.5 Å². The summed E-state index contributed by atoms with van der Waals surface area (Å²) >= 11 is 8.54. The maximum atomic E-state index is 12.0. The highest BCUT2D eigenvalue weighted by atomic mass is 79.9. The first kappa shape index (κ1) is 19.2. The summed E-state index contributed by atoms with van der Waals surface area (Å²) in [6, 6.07) is 11.2. The van der Waals surface area contributed by atoms with Crippen LogP contribution < -0.4 is 20.1 Å². The van der Waals surface area contributed by atoms with Gasteiger partial charge in [-0.15, -0.1) is 0 Å². The molecule has 0 saturated heterocycles. The summed E-state index contributed by atoms with van der Waals surface area (Å²) in [5.74, 6) is 1.06. The SMILES string of the molecule is COc1ccc(NC(=S)NC(=O)COc2ccc(C)cc2C)cc1Br. The van der Waals surface area contributed by atoms with E-state index in [1.807, 2.05) is 38.1 Å². The van der Waals surface area contributed by atoms with Gasteiger partial charge in [0.15, 0.2) is 11.7 Å². The standard InChI is InChI=1S/C18H19BrN2O3S/c1-11-4-6-15(12(2)8-11)24-10-17(22)21-18(25)20-13-5-7-16(23-3)14(19)9-13/h4-9H,10H2,1-3H3,(H2,20,21,22,25). The van der Waals surface area contributed by atoms with E-state index < -0.39 is 0 Å². The molecular weight excluding hydrogens is 404 g/mol. The van der Waals surface area contributed by atoms with Crippen LogP contribution in [0.1, 0.15) is 11.1 Å². The van der Waals surface area contributed by atoms with Gasteiger partial charge in [-0.25, -0.2) is 0 Å². The van der Waals surface area contributed by atoms with Gasteiger partial charge in [-0.2, -0.15) is 0 Å². The van der Waals surface area contributed by atoms with Gasteiger partial charge in [-0.3, -0.25) is 10.1 Å². The van der Waals surface area contributed by atoms with Crippen LogP contribution in [0, 0.1) is 13.8 Å². The van der Waals surface area contributed by atoms with Crippen LogP contribution in [0.15, 0.2) is 40.9 Å². The van der Waals surface area contributed by atoms with Gasteiger partial charge >= 0.3 is 0 Å². The van der Waals surface area contributed by atoms with Crippen LogP contribution in [0.5, 0.6) is 11.5 Å². The lowest BCUT2D eigenvalue weighted by Crippen LogP contribution is -2.37. The molecule has 132 valence electrons. The van der Waals surface area contributed by atoms with Gasteiger partial charge in [0.25, 0.3) is 5.91 Å². The summed E-state index contributed by atoms with van der Waals surface area (Å²) in [4.78, 5) is 12.0. The average Bonchev–Trinajstić information content (AvgIpc) is 2.54. The van der Waals surface area contributed by atoms with Gasteiger partial charge in [-0.05, 0) is 71.8 Å².